The van der Waals surface area contributed by atoms with Gasteiger partial charge in [0.05, 0.1) is 43.5 Å². The molecule has 0 amide bonds. The van der Waals surface area contributed by atoms with Crippen molar-refractivity contribution >= 4 is 39.6 Å². The Morgan fingerprint density at radius 1 is 1.18 bits per heavy atom. The van der Waals surface area contributed by atoms with Crippen LogP contribution in [0.3, 0.4) is 0 Å². The molecule has 3 unspecified atom stereocenters. The van der Waals surface area contributed by atoms with Crippen LogP contribution in [-0.4, -0.2) is 62.5 Å². The molecule has 3 fully saturated rings. The quantitative estimate of drug-likeness (QED) is 0.542. The summed E-state index contributed by atoms with van der Waals surface area (Å²) in [5, 5.41) is 1.22. The summed E-state index contributed by atoms with van der Waals surface area (Å²) in [4.78, 5) is 2.38. The molecular formula is C20H32N3O3S2+. The van der Waals surface area contributed by atoms with Crippen LogP contribution >= 0.6 is 11.5 Å². The lowest BCUT2D eigenvalue weighted by Gasteiger charge is -2.45. The molecule has 3 heterocycles. The van der Waals surface area contributed by atoms with E-state index < -0.39 is 10.1 Å². The zero-order chi connectivity index (χ0) is 19.9. The number of fused-ring (bicyclic) bond motifs is 1. The first-order valence-corrected chi connectivity index (χ1v) is 13.0. The molecule has 8 heteroatoms. The lowest BCUT2D eigenvalue weighted by molar-refractivity contribution is -0.959. The van der Waals surface area contributed by atoms with Crippen molar-refractivity contribution in [1.29, 1.82) is 0 Å². The minimum Gasteiger partial charge on any atom is -0.344 e. The monoisotopic (exact) mass is 426 g/mol. The van der Waals surface area contributed by atoms with Crippen LogP contribution in [0.15, 0.2) is 0 Å². The van der Waals surface area contributed by atoms with Gasteiger partial charge in [-0.2, -0.15) is 12.8 Å². The molecule has 1 spiro atoms. The standard InChI is InChI=1S/C20H32N3O3S2/c1-4-16-18(5-2)27-21-19(16)22-10-12-23(13-11-22)14-15-8-6-7-9-17(15)20(23)26-28(3,24)25/h4-5,15,17,20H,6-14H2,1-3H3/q+1. The molecule has 1 aromatic heterocycles. The fourth-order valence-corrected chi connectivity index (χ4v) is 7.17. The zero-order valence-corrected chi connectivity index (χ0v) is 18.8. The molecule has 1 saturated carbocycles. The van der Waals surface area contributed by atoms with Gasteiger partial charge in [0.2, 0.25) is 6.23 Å². The van der Waals surface area contributed by atoms with Crippen molar-refractivity contribution < 1.29 is 17.1 Å². The Morgan fingerprint density at radius 2 is 1.89 bits per heavy atom. The van der Waals surface area contributed by atoms with E-state index in [9.17, 15) is 8.42 Å². The molecule has 0 radical (unpaired) electrons. The van der Waals surface area contributed by atoms with Gasteiger partial charge in [-0.15, -0.1) is 0 Å². The van der Waals surface area contributed by atoms with Crippen molar-refractivity contribution in [3.63, 3.8) is 0 Å². The Labute approximate surface area is 172 Å². The maximum atomic E-state index is 12.0. The molecule has 4 rings (SSSR count). The number of quaternary nitrogens is 1. The molecule has 3 aliphatic rings. The van der Waals surface area contributed by atoms with E-state index in [-0.39, 0.29) is 6.23 Å². The third-order valence-corrected chi connectivity index (χ3v) is 8.43. The third-order valence-electron chi connectivity index (χ3n) is 6.96. The Bertz CT molecular complexity index is 932. The van der Waals surface area contributed by atoms with Crippen molar-refractivity contribution in [2.75, 3.05) is 43.9 Å². The highest BCUT2D eigenvalue weighted by molar-refractivity contribution is 7.86. The Kier molecular flexibility index (Phi) is 5.59. The summed E-state index contributed by atoms with van der Waals surface area (Å²) in [7, 11) is -3.46. The van der Waals surface area contributed by atoms with E-state index in [4.69, 9.17) is 8.56 Å². The first kappa shape index (κ1) is 20.3. The first-order chi connectivity index (χ1) is 13.4. The molecule has 28 heavy (non-hydrogen) atoms. The topological polar surface area (TPSA) is 59.5 Å². The molecule has 6 nitrogen and oxygen atoms in total. The van der Waals surface area contributed by atoms with Gasteiger partial charge in [0.25, 0.3) is 10.1 Å². The lowest BCUT2D eigenvalue weighted by atomic mass is 9.81. The van der Waals surface area contributed by atoms with E-state index in [0.29, 0.717) is 11.8 Å². The van der Waals surface area contributed by atoms with Crippen molar-refractivity contribution in [3.8, 4) is 0 Å². The van der Waals surface area contributed by atoms with Crippen LogP contribution in [0.1, 0.15) is 39.5 Å². The van der Waals surface area contributed by atoms with Gasteiger partial charge in [-0.05, 0) is 38.2 Å². The molecule has 0 bridgehead atoms. The number of hydrogen-bond donors (Lipinski definition) is 0. The Hall–Kier alpha value is -0.960. The predicted octanol–water partition coefficient (Wildman–Crippen LogP) is 1.50. The van der Waals surface area contributed by atoms with Crippen LogP contribution in [0.5, 0.6) is 0 Å². The number of anilines is 1. The SMILES string of the molecule is CC=c1snc(N2CC[N+]3(CC2)CC2CCCCC2C3OS(C)(=O)=O)c1=CC. The molecule has 3 atom stereocenters. The number of hydrogen-bond acceptors (Lipinski definition) is 6. The van der Waals surface area contributed by atoms with E-state index >= 15 is 0 Å². The Morgan fingerprint density at radius 3 is 2.54 bits per heavy atom. The van der Waals surface area contributed by atoms with Crippen LogP contribution < -0.4 is 14.7 Å². The second-order valence-corrected chi connectivity index (χ2v) is 11.0. The fraction of sp³-hybridized carbons (Fsp3) is 0.750. The van der Waals surface area contributed by atoms with E-state index in [2.05, 4.69) is 30.9 Å². The highest BCUT2D eigenvalue weighted by Gasteiger charge is 2.57. The number of aromatic nitrogens is 1. The predicted molar refractivity (Wildman–Crippen MR) is 114 cm³/mol. The van der Waals surface area contributed by atoms with Gasteiger partial charge in [0.15, 0.2) is 0 Å². The second kappa shape index (κ2) is 7.70. The number of rotatable bonds is 3. The largest absolute Gasteiger partial charge is 0.344 e. The maximum Gasteiger partial charge on any atom is 0.269 e. The number of piperazine rings is 1. The van der Waals surface area contributed by atoms with Gasteiger partial charge < -0.3 is 4.90 Å². The van der Waals surface area contributed by atoms with Crippen LogP contribution in [0.4, 0.5) is 5.82 Å². The van der Waals surface area contributed by atoms with Gasteiger partial charge in [-0.25, -0.2) is 4.18 Å². The van der Waals surface area contributed by atoms with Crippen molar-refractivity contribution in [1.82, 2.24) is 4.37 Å². The summed E-state index contributed by atoms with van der Waals surface area (Å²) in [5.41, 5.74) is 0. The molecule has 2 saturated heterocycles. The molecule has 1 aromatic rings. The summed E-state index contributed by atoms with van der Waals surface area (Å²) in [6.07, 6.45) is 10.1. The highest BCUT2D eigenvalue weighted by atomic mass is 32.2. The average molecular weight is 427 g/mol. The van der Waals surface area contributed by atoms with Crippen LogP contribution in [0.2, 0.25) is 0 Å². The van der Waals surface area contributed by atoms with Gasteiger partial charge in [-0.1, -0.05) is 25.0 Å². The van der Waals surface area contributed by atoms with Crippen molar-refractivity contribution in [2.45, 2.75) is 45.8 Å². The molecule has 0 aromatic carbocycles. The molecule has 0 N–H and O–H groups in total. The van der Waals surface area contributed by atoms with E-state index in [1.54, 1.807) is 11.5 Å². The number of nitrogens with zero attached hydrogens (tertiary/aromatic N) is 3. The van der Waals surface area contributed by atoms with Gasteiger partial charge in [0, 0.05) is 17.1 Å². The molecule has 156 valence electrons. The van der Waals surface area contributed by atoms with Crippen LogP contribution in [-0.2, 0) is 14.3 Å². The minimum absolute atomic E-state index is 0.199. The normalized spacial score (nSPS) is 31.5. The smallest absolute Gasteiger partial charge is 0.269 e. The zero-order valence-electron chi connectivity index (χ0n) is 17.1. The highest BCUT2D eigenvalue weighted by Crippen LogP contribution is 2.46. The van der Waals surface area contributed by atoms with Gasteiger partial charge in [0.1, 0.15) is 5.82 Å². The Balaban J connectivity index is 1.58. The molecule has 1 aliphatic carbocycles. The molecule has 2 aliphatic heterocycles. The lowest BCUT2D eigenvalue weighted by Crippen LogP contribution is -2.64. The average Bonchev–Trinajstić information content (AvgIpc) is 3.21. The molecular weight excluding hydrogens is 394 g/mol. The van der Waals surface area contributed by atoms with E-state index in [1.807, 2.05) is 0 Å². The summed E-state index contributed by atoms with van der Waals surface area (Å²) in [6, 6.07) is 0. The van der Waals surface area contributed by atoms with Crippen molar-refractivity contribution in [3.05, 3.63) is 9.75 Å². The summed E-state index contributed by atoms with van der Waals surface area (Å²) in [5.74, 6) is 2.07. The third kappa shape index (κ3) is 3.64. The maximum absolute atomic E-state index is 12.0. The minimum atomic E-state index is -3.46. The van der Waals surface area contributed by atoms with Crippen LogP contribution in [0.25, 0.3) is 12.2 Å². The van der Waals surface area contributed by atoms with Gasteiger partial charge in [-0.3, -0.25) is 4.48 Å². The summed E-state index contributed by atoms with van der Waals surface area (Å²) in [6.45, 7) is 8.85. The van der Waals surface area contributed by atoms with Crippen LogP contribution in [0, 0.1) is 11.8 Å². The van der Waals surface area contributed by atoms with E-state index in [0.717, 1.165) is 49.4 Å². The first-order valence-electron chi connectivity index (χ1n) is 10.4. The van der Waals surface area contributed by atoms with Crippen molar-refractivity contribution in [2.24, 2.45) is 11.8 Å². The van der Waals surface area contributed by atoms with E-state index in [1.165, 1.54) is 35.3 Å². The van der Waals surface area contributed by atoms with Gasteiger partial charge >= 0.3 is 0 Å². The summed E-state index contributed by atoms with van der Waals surface area (Å²) < 4.78 is 36.6. The second-order valence-electron chi connectivity index (χ2n) is 8.60. The summed E-state index contributed by atoms with van der Waals surface area (Å²) >= 11 is 1.56. The fourth-order valence-electron chi connectivity index (χ4n) is 5.68.